The van der Waals surface area contributed by atoms with Gasteiger partial charge in [0.15, 0.2) is 0 Å². The van der Waals surface area contributed by atoms with Crippen molar-refractivity contribution >= 4 is 15.9 Å². The molecule has 1 N–H and O–H groups in total. The van der Waals surface area contributed by atoms with Crippen LogP contribution in [0.5, 0.6) is 5.75 Å². The van der Waals surface area contributed by atoms with Gasteiger partial charge < -0.3 is 10.1 Å². The van der Waals surface area contributed by atoms with Crippen LogP contribution in [0.3, 0.4) is 0 Å². The van der Waals surface area contributed by atoms with E-state index in [0.29, 0.717) is 10.2 Å². The molecule has 2 nitrogen and oxygen atoms in total. The second kappa shape index (κ2) is 4.49. The summed E-state index contributed by atoms with van der Waals surface area (Å²) in [5.41, 5.74) is 0.948. The Morgan fingerprint density at radius 2 is 2.33 bits per heavy atom. The van der Waals surface area contributed by atoms with Crippen LogP contribution in [0.2, 0.25) is 0 Å². The molecule has 1 heterocycles. The monoisotopic (exact) mass is 273 g/mol. The van der Waals surface area contributed by atoms with E-state index in [4.69, 9.17) is 4.74 Å². The Labute approximate surface area is 96.9 Å². The van der Waals surface area contributed by atoms with E-state index in [1.807, 2.05) is 6.07 Å². The highest BCUT2D eigenvalue weighted by molar-refractivity contribution is 9.10. The molecule has 1 unspecified atom stereocenters. The summed E-state index contributed by atoms with van der Waals surface area (Å²) in [6.45, 7) is 0.996. The maximum Gasteiger partial charge on any atom is 0.141 e. The number of hydrogen-bond donors (Lipinski definition) is 1. The Balaban J connectivity index is 2.39. The molecule has 1 aliphatic rings. The first-order chi connectivity index (χ1) is 7.22. The van der Waals surface area contributed by atoms with Crippen molar-refractivity contribution < 1.29 is 9.13 Å². The van der Waals surface area contributed by atoms with Crippen molar-refractivity contribution in [2.45, 2.75) is 18.9 Å². The van der Waals surface area contributed by atoms with Gasteiger partial charge in [0.1, 0.15) is 11.6 Å². The van der Waals surface area contributed by atoms with E-state index < -0.39 is 0 Å². The van der Waals surface area contributed by atoms with Crippen molar-refractivity contribution in [2.24, 2.45) is 0 Å². The molecule has 0 bridgehead atoms. The maximum atomic E-state index is 13.5. The van der Waals surface area contributed by atoms with Crippen molar-refractivity contribution in [1.29, 1.82) is 0 Å². The van der Waals surface area contributed by atoms with E-state index >= 15 is 0 Å². The highest BCUT2D eigenvalue weighted by Gasteiger charge is 2.21. The zero-order valence-corrected chi connectivity index (χ0v) is 10.1. The number of methoxy groups -OCH3 is 1. The lowest BCUT2D eigenvalue weighted by Gasteiger charge is -2.14. The van der Waals surface area contributed by atoms with Crippen molar-refractivity contribution in [3.8, 4) is 5.75 Å². The number of benzene rings is 1. The molecule has 82 valence electrons. The fourth-order valence-corrected chi connectivity index (χ4v) is 2.41. The summed E-state index contributed by atoms with van der Waals surface area (Å²) in [4.78, 5) is 0. The fourth-order valence-electron chi connectivity index (χ4n) is 1.91. The Kier molecular flexibility index (Phi) is 3.26. The molecule has 1 fully saturated rings. The summed E-state index contributed by atoms with van der Waals surface area (Å²) in [5, 5.41) is 3.34. The first-order valence-corrected chi connectivity index (χ1v) is 5.78. The Bertz CT molecular complexity index is 364. The molecule has 0 amide bonds. The van der Waals surface area contributed by atoms with Gasteiger partial charge in [-0.2, -0.15) is 0 Å². The molecule has 2 rings (SSSR count). The molecule has 1 saturated heterocycles. The van der Waals surface area contributed by atoms with Crippen molar-refractivity contribution in [2.75, 3.05) is 13.7 Å². The van der Waals surface area contributed by atoms with Gasteiger partial charge >= 0.3 is 0 Å². The largest absolute Gasteiger partial charge is 0.497 e. The third kappa shape index (κ3) is 2.16. The van der Waals surface area contributed by atoms with E-state index in [9.17, 15) is 4.39 Å². The lowest BCUT2D eigenvalue weighted by molar-refractivity contribution is 0.409. The molecule has 0 spiro atoms. The maximum absolute atomic E-state index is 13.5. The van der Waals surface area contributed by atoms with E-state index in [0.717, 1.165) is 24.9 Å². The van der Waals surface area contributed by atoms with Crippen LogP contribution in [0.25, 0.3) is 0 Å². The molecular formula is C11H13BrFNO. The molecule has 1 aromatic carbocycles. The van der Waals surface area contributed by atoms with Crippen LogP contribution in [0.4, 0.5) is 4.39 Å². The van der Waals surface area contributed by atoms with Gasteiger partial charge in [-0.25, -0.2) is 4.39 Å². The molecule has 4 heteroatoms. The van der Waals surface area contributed by atoms with Crippen molar-refractivity contribution in [3.05, 3.63) is 28.0 Å². The van der Waals surface area contributed by atoms with Gasteiger partial charge in [-0.05, 0) is 46.9 Å². The molecule has 0 radical (unpaired) electrons. The Morgan fingerprint density at radius 3 is 2.93 bits per heavy atom. The lowest BCUT2D eigenvalue weighted by Crippen LogP contribution is -2.13. The molecular weight excluding hydrogens is 261 g/mol. The van der Waals surface area contributed by atoms with Crippen LogP contribution in [0.1, 0.15) is 24.4 Å². The van der Waals surface area contributed by atoms with E-state index in [2.05, 4.69) is 21.2 Å². The topological polar surface area (TPSA) is 21.3 Å². The lowest BCUT2D eigenvalue weighted by atomic mass is 10.0. The minimum absolute atomic E-state index is 0.240. The highest BCUT2D eigenvalue weighted by atomic mass is 79.9. The first kappa shape index (κ1) is 10.9. The van der Waals surface area contributed by atoms with Gasteiger partial charge in [0.25, 0.3) is 0 Å². The smallest absolute Gasteiger partial charge is 0.141 e. The number of ether oxygens (including phenoxy) is 1. The zero-order chi connectivity index (χ0) is 10.8. The number of hydrogen-bond acceptors (Lipinski definition) is 2. The minimum atomic E-state index is -0.266. The summed E-state index contributed by atoms with van der Waals surface area (Å²) in [6, 6.07) is 3.52. The summed E-state index contributed by atoms with van der Waals surface area (Å²) >= 11 is 3.28. The minimum Gasteiger partial charge on any atom is -0.497 e. The van der Waals surface area contributed by atoms with Gasteiger partial charge in [0.2, 0.25) is 0 Å². The molecule has 0 saturated carbocycles. The molecule has 15 heavy (non-hydrogen) atoms. The summed E-state index contributed by atoms with van der Waals surface area (Å²) in [5.74, 6) is 0.303. The predicted octanol–water partition coefficient (Wildman–Crippen LogP) is 3.02. The van der Waals surface area contributed by atoms with E-state index in [1.54, 1.807) is 7.11 Å². The third-order valence-corrected chi connectivity index (χ3v) is 3.54. The quantitative estimate of drug-likeness (QED) is 0.895. The molecule has 1 aliphatic heterocycles. The van der Waals surface area contributed by atoms with Gasteiger partial charge in [0.05, 0.1) is 11.6 Å². The average molecular weight is 274 g/mol. The third-order valence-electron chi connectivity index (χ3n) is 2.70. The molecule has 0 aliphatic carbocycles. The van der Waals surface area contributed by atoms with Crippen molar-refractivity contribution in [1.82, 2.24) is 5.32 Å². The van der Waals surface area contributed by atoms with Gasteiger partial charge in [-0.15, -0.1) is 0 Å². The summed E-state index contributed by atoms with van der Waals surface area (Å²) < 4.78 is 19.1. The van der Waals surface area contributed by atoms with Crippen molar-refractivity contribution in [3.63, 3.8) is 0 Å². The highest BCUT2D eigenvalue weighted by Crippen LogP contribution is 2.34. The van der Waals surface area contributed by atoms with Crippen LogP contribution < -0.4 is 10.1 Å². The molecule has 1 atom stereocenters. The van der Waals surface area contributed by atoms with E-state index in [1.165, 1.54) is 6.07 Å². The van der Waals surface area contributed by atoms with E-state index in [-0.39, 0.29) is 11.9 Å². The standard InChI is InChI=1S/C11H13BrFNO/c1-15-7-5-8(10-3-2-4-14-10)11(12)9(13)6-7/h5-6,10,14H,2-4H2,1H3. The summed E-state index contributed by atoms with van der Waals surface area (Å²) in [7, 11) is 1.55. The van der Waals surface area contributed by atoms with Crippen LogP contribution in [-0.2, 0) is 0 Å². The van der Waals surface area contributed by atoms with Crippen LogP contribution in [0, 0.1) is 5.82 Å². The normalized spacial score (nSPS) is 20.6. The summed E-state index contributed by atoms with van der Waals surface area (Å²) in [6.07, 6.45) is 2.18. The second-order valence-electron chi connectivity index (χ2n) is 3.66. The molecule has 0 aromatic heterocycles. The van der Waals surface area contributed by atoms with Crippen LogP contribution >= 0.6 is 15.9 Å². The van der Waals surface area contributed by atoms with Gasteiger partial charge in [0, 0.05) is 12.1 Å². The Morgan fingerprint density at radius 1 is 1.53 bits per heavy atom. The predicted molar refractivity (Wildman–Crippen MR) is 60.6 cm³/mol. The molecule has 1 aromatic rings. The van der Waals surface area contributed by atoms with Crippen LogP contribution in [-0.4, -0.2) is 13.7 Å². The fraction of sp³-hybridized carbons (Fsp3) is 0.455. The van der Waals surface area contributed by atoms with Gasteiger partial charge in [-0.3, -0.25) is 0 Å². The van der Waals surface area contributed by atoms with Gasteiger partial charge in [-0.1, -0.05) is 0 Å². The number of rotatable bonds is 2. The first-order valence-electron chi connectivity index (χ1n) is 4.98. The second-order valence-corrected chi connectivity index (χ2v) is 4.45. The Hall–Kier alpha value is -0.610. The SMILES string of the molecule is COc1cc(F)c(Br)c(C2CCCN2)c1. The zero-order valence-electron chi connectivity index (χ0n) is 8.52. The van der Waals surface area contributed by atoms with Crippen LogP contribution in [0.15, 0.2) is 16.6 Å². The average Bonchev–Trinajstić information content (AvgIpc) is 2.75. The number of halogens is 2. The number of nitrogens with one attached hydrogen (secondary N) is 1.